The Kier molecular flexibility index (Phi) is 2.76. The van der Waals surface area contributed by atoms with Crippen molar-refractivity contribution in [3.8, 4) is 0 Å². The second kappa shape index (κ2) is 4.04. The number of aromatic nitrogens is 2. The van der Waals surface area contributed by atoms with E-state index in [0.717, 1.165) is 0 Å². The number of rotatable bonds is 3. The summed E-state index contributed by atoms with van der Waals surface area (Å²) in [5, 5.41) is 16.1. The normalized spacial score (nSPS) is 27.0. The number of β-amino-alcohol motifs (C(OH)–C–C–N with tert-alkyl or cyclic N) is 1. The van der Waals surface area contributed by atoms with Crippen molar-refractivity contribution in [2.45, 2.75) is 25.2 Å². The minimum Gasteiger partial charge on any atom is -0.392 e. The highest BCUT2D eigenvalue weighted by Gasteiger charge is 2.27. The first-order valence-electron chi connectivity index (χ1n) is 4.52. The summed E-state index contributed by atoms with van der Waals surface area (Å²) in [6.07, 6.45) is 0.298. The van der Waals surface area contributed by atoms with Gasteiger partial charge in [0.15, 0.2) is 5.82 Å². The van der Waals surface area contributed by atoms with Crippen molar-refractivity contribution in [2.75, 3.05) is 13.7 Å². The highest BCUT2D eigenvalue weighted by atomic mass is 16.5. The maximum atomic E-state index is 9.29. The van der Waals surface area contributed by atoms with Crippen LogP contribution in [0.2, 0.25) is 0 Å². The molecule has 0 bridgehead atoms. The fraction of sp³-hybridized carbons (Fsp3) is 0.750. The molecule has 2 rings (SSSR count). The van der Waals surface area contributed by atoms with Gasteiger partial charge in [-0.2, -0.15) is 4.98 Å². The first kappa shape index (κ1) is 9.57. The van der Waals surface area contributed by atoms with E-state index in [1.165, 1.54) is 0 Å². The molecule has 0 unspecified atom stereocenters. The van der Waals surface area contributed by atoms with Crippen molar-refractivity contribution in [3.05, 3.63) is 11.7 Å². The monoisotopic (exact) mass is 199 g/mol. The number of ether oxygens (including phenoxy) is 1. The standard InChI is InChI=1S/C8H13N3O3/c1-13-4-7-10-8(14-11-7)6-2-5(12)3-9-6/h5-6,9,12H,2-4H2,1H3/t5-,6-/m1/s1. The van der Waals surface area contributed by atoms with Gasteiger partial charge in [-0.3, -0.25) is 0 Å². The molecular weight excluding hydrogens is 186 g/mol. The number of nitrogens with zero attached hydrogens (tertiary/aromatic N) is 2. The number of nitrogens with one attached hydrogen (secondary N) is 1. The lowest BCUT2D eigenvalue weighted by Gasteiger charge is -2.01. The van der Waals surface area contributed by atoms with E-state index in [9.17, 15) is 5.11 Å². The smallest absolute Gasteiger partial charge is 0.243 e. The van der Waals surface area contributed by atoms with Crippen LogP contribution in [0.25, 0.3) is 0 Å². The third-order valence-electron chi connectivity index (χ3n) is 2.16. The molecule has 78 valence electrons. The number of hydrogen-bond acceptors (Lipinski definition) is 6. The van der Waals surface area contributed by atoms with Gasteiger partial charge in [0.25, 0.3) is 0 Å². The van der Waals surface area contributed by atoms with E-state index in [-0.39, 0.29) is 12.1 Å². The van der Waals surface area contributed by atoms with Gasteiger partial charge in [-0.05, 0) is 6.42 Å². The van der Waals surface area contributed by atoms with Crippen molar-refractivity contribution in [1.82, 2.24) is 15.5 Å². The van der Waals surface area contributed by atoms with Gasteiger partial charge in [-0.25, -0.2) is 0 Å². The van der Waals surface area contributed by atoms with E-state index in [2.05, 4.69) is 15.5 Å². The van der Waals surface area contributed by atoms with E-state index in [1.54, 1.807) is 7.11 Å². The van der Waals surface area contributed by atoms with Gasteiger partial charge in [0, 0.05) is 13.7 Å². The lowest BCUT2D eigenvalue weighted by atomic mass is 10.2. The topological polar surface area (TPSA) is 80.4 Å². The molecule has 2 atom stereocenters. The molecule has 1 aromatic heterocycles. The second-order valence-electron chi connectivity index (χ2n) is 3.33. The summed E-state index contributed by atoms with van der Waals surface area (Å²) in [7, 11) is 1.58. The molecule has 0 spiro atoms. The summed E-state index contributed by atoms with van der Waals surface area (Å²) in [5.74, 6) is 1.05. The lowest BCUT2D eigenvalue weighted by molar-refractivity contribution is 0.174. The Labute approximate surface area is 81.3 Å². The summed E-state index contributed by atoms with van der Waals surface area (Å²) < 4.78 is 9.90. The highest BCUT2D eigenvalue weighted by Crippen LogP contribution is 2.21. The van der Waals surface area contributed by atoms with Crippen LogP contribution in [-0.4, -0.2) is 35.0 Å². The maximum absolute atomic E-state index is 9.29. The summed E-state index contributed by atoms with van der Waals surface area (Å²) in [6, 6.07) is -0.0249. The largest absolute Gasteiger partial charge is 0.392 e. The summed E-state index contributed by atoms with van der Waals surface area (Å²) in [5.41, 5.74) is 0. The number of aliphatic hydroxyl groups excluding tert-OH is 1. The van der Waals surface area contributed by atoms with Crippen molar-refractivity contribution in [2.24, 2.45) is 0 Å². The van der Waals surface area contributed by atoms with Crippen LogP contribution >= 0.6 is 0 Å². The zero-order valence-electron chi connectivity index (χ0n) is 7.93. The minimum absolute atomic E-state index is 0.0249. The molecule has 0 radical (unpaired) electrons. The van der Waals surface area contributed by atoms with Crippen molar-refractivity contribution in [1.29, 1.82) is 0 Å². The van der Waals surface area contributed by atoms with E-state index in [1.807, 2.05) is 0 Å². The summed E-state index contributed by atoms with van der Waals surface area (Å²) >= 11 is 0. The molecule has 6 heteroatoms. The van der Waals surface area contributed by atoms with E-state index >= 15 is 0 Å². The quantitative estimate of drug-likeness (QED) is 0.690. The Bertz CT molecular complexity index is 302. The van der Waals surface area contributed by atoms with Gasteiger partial charge >= 0.3 is 0 Å². The van der Waals surface area contributed by atoms with Gasteiger partial charge in [-0.1, -0.05) is 5.16 Å². The Hall–Kier alpha value is -0.980. The fourth-order valence-corrected chi connectivity index (χ4v) is 1.50. The number of aliphatic hydroxyl groups is 1. The molecule has 1 fully saturated rings. The van der Waals surface area contributed by atoms with E-state index < -0.39 is 0 Å². The van der Waals surface area contributed by atoms with Crippen molar-refractivity contribution in [3.63, 3.8) is 0 Å². The predicted octanol–water partition coefficient (Wildman–Crippen LogP) is -0.389. The molecule has 0 amide bonds. The summed E-state index contributed by atoms with van der Waals surface area (Å²) in [6.45, 7) is 0.922. The van der Waals surface area contributed by atoms with Crippen LogP contribution in [0.5, 0.6) is 0 Å². The highest BCUT2D eigenvalue weighted by molar-refractivity contribution is 4.96. The molecule has 0 saturated carbocycles. The molecule has 0 aromatic carbocycles. The molecule has 6 nitrogen and oxygen atoms in total. The fourth-order valence-electron chi connectivity index (χ4n) is 1.50. The van der Waals surface area contributed by atoms with Crippen LogP contribution in [0.15, 0.2) is 4.52 Å². The Morgan fingerprint density at radius 1 is 1.71 bits per heavy atom. The van der Waals surface area contributed by atoms with E-state index in [0.29, 0.717) is 31.3 Å². The van der Waals surface area contributed by atoms with Crippen LogP contribution in [0.1, 0.15) is 24.2 Å². The maximum Gasteiger partial charge on any atom is 0.243 e. The SMILES string of the molecule is COCc1noc([C@H]2C[C@@H](O)CN2)n1. The average Bonchev–Trinajstić information content (AvgIpc) is 2.74. The van der Waals surface area contributed by atoms with Crippen LogP contribution in [0.4, 0.5) is 0 Å². The Balaban J connectivity index is 2.02. The van der Waals surface area contributed by atoms with Crippen molar-refractivity contribution >= 4 is 0 Å². The number of methoxy groups -OCH3 is 1. The third kappa shape index (κ3) is 1.92. The Morgan fingerprint density at radius 2 is 2.57 bits per heavy atom. The molecule has 1 aliphatic rings. The van der Waals surface area contributed by atoms with Gasteiger partial charge in [0.2, 0.25) is 5.89 Å². The predicted molar refractivity (Wildman–Crippen MR) is 46.4 cm³/mol. The summed E-state index contributed by atoms with van der Waals surface area (Å²) in [4.78, 5) is 4.14. The van der Waals surface area contributed by atoms with Gasteiger partial charge in [0.1, 0.15) is 6.61 Å². The van der Waals surface area contributed by atoms with Gasteiger partial charge in [0.05, 0.1) is 12.1 Å². The van der Waals surface area contributed by atoms with Gasteiger partial charge < -0.3 is 19.7 Å². The molecule has 14 heavy (non-hydrogen) atoms. The molecule has 1 saturated heterocycles. The minimum atomic E-state index is -0.322. The molecule has 2 heterocycles. The molecule has 2 N–H and O–H groups in total. The number of hydrogen-bond donors (Lipinski definition) is 2. The van der Waals surface area contributed by atoms with E-state index in [4.69, 9.17) is 9.26 Å². The zero-order valence-corrected chi connectivity index (χ0v) is 7.93. The second-order valence-corrected chi connectivity index (χ2v) is 3.33. The lowest BCUT2D eigenvalue weighted by Crippen LogP contribution is -2.15. The Morgan fingerprint density at radius 3 is 3.21 bits per heavy atom. The third-order valence-corrected chi connectivity index (χ3v) is 2.16. The van der Waals surface area contributed by atoms with Crippen LogP contribution in [0.3, 0.4) is 0 Å². The van der Waals surface area contributed by atoms with Crippen LogP contribution < -0.4 is 5.32 Å². The van der Waals surface area contributed by atoms with Crippen molar-refractivity contribution < 1.29 is 14.4 Å². The van der Waals surface area contributed by atoms with Crippen LogP contribution in [0, 0.1) is 0 Å². The van der Waals surface area contributed by atoms with Gasteiger partial charge in [-0.15, -0.1) is 0 Å². The first-order valence-corrected chi connectivity index (χ1v) is 4.52. The molecule has 1 aromatic rings. The molecular formula is C8H13N3O3. The molecule has 1 aliphatic heterocycles. The zero-order chi connectivity index (χ0) is 9.97. The first-order chi connectivity index (χ1) is 6.79. The van der Waals surface area contributed by atoms with Crippen LogP contribution in [-0.2, 0) is 11.3 Å². The molecule has 0 aliphatic carbocycles. The average molecular weight is 199 g/mol.